The van der Waals surface area contributed by atoms with Gasteiger partial charge < -0.3 is 5.32 Å². The van der Waals surface area contributed by atoms with Crippen molar-refractivity contribution in [2.24, 2.45) is 0 Å². The third-order valence-corrected chi connectivity index (χ3v) is 8.67. The molecule has 1 aliphatic heterocycles. The number of pyridine rings is 1. The number of alkyl halides is 2. The highest BCUT2D eigenvalue weighted by Crippen LogP contribution is 2.38. The van der Waals surface area contributed by atoms with E-state index in [0.29, 0.717) is 22.2 Å². The fourth-order valence-electron chi connectivity index (χ4n) is 6.03. The van der Waals surface area contributed by atoms with Crippen LogP contribution in [0.15, 0.2) is 67.0 Å². The third kappa shape index (κ3) is 6.08. The van der Waals surface area contributed by atoms with Gasteiger partial charge in [0.25, 0.3) is 5.91 Å². The standard InChI is InChI=1S/C32H28ClF2N7O3/c33-24-4-2-1-3-23(24)29(30(44)39-21-9-12-32(34,35)13-10-21)41(22-5-6-25-20(16-22)18-38-40-25)31(45)26-7-8-28(43)42(26)27-15-19(17-36)11-14-37-27/h1-6,11,14-16,18,21,26,29H,7-10,12-13H2,(H,38,40)(H,39,44)/t26-,29-/m0/s1. The Kier molecular flexibility index (Phi) is 8.20. The number of aromatic amines is 1. The molecule has 2 N–H and O–H groups in total. The second kappa shape index (κ2) is 12.2. The zero-order chi connectivity index (χ0) is 31.7. The van der Waals surface area contributed by atoms with Crippen LogP contribution in [0.3, 0.4) is 0 Å². The number of halogens is 3. The van der Waals surface area contributed by atoms with Crippen molar-refractivity contribution in [3.8, 4) is 6.07 Å². The normalized spacial score (nSPS) is 18.8. The van der Waals surface area contributed by atoms with Crippen molar-refractivity contribution in [3.05, 3.63) is 83.1 Å². The van der Waals surface area contributed by atoms with E-state index in [-0.39, 0.29) is 60.8 Å². The number of fused-ring (bicyclic) bond motifs is 1. The molecule has 0 unspecified atom stereocenters. The molecule has 0 spiro atoms. The zero-order valence-corrected chi connectivity index (χ0v) is 24.7. The van der Waals surface area contributed by atoms with Gasteiger partial charge in [0.2, 0.25) is 17.7 Å². The van der Waals surface area contributed by atoms with E-state index in [1.165, 1.54) is 28.1 Å². The van der Waals surface area contributed by atoms with Crippen LogP contribution in [-0.2, 0) is 14.4 Å². The number of carbonyl (C=O) groups excluding carboxylic acids is 3. The Morgan fingerprint density at radius 3 is 2.67 bits per heavy atom. The maximum absolute atomic E-state index is 14.8. The summed E-state index contributed by atoms with van der Waals surface area (Å²) >= 11 is 6.66. The van der Waals surface area contributed by atoms with Gasteiger partial charge in [-0.05, 0) is 55.7 Å². The van der Waals surface area contributed by atoms with Gasteiger partial charge in [-0.25, -0.2) is 13.8 Å². The number of rotatable bonds is 7. The van der Waals surface area contributed by atoms with Crippen LogP contribution in [0.25, 0.3) is 10.9 Å². The lowest BCUT2D eigenvalue weighted by Gasteiger charge is -2.37. The monoisotopic (exact) mass is 631 g/mol. The van der Waals surface area contributed by atoms with Crippen molar-refractivity contribution in [3.63, 3.8) is 0 Å². The van der Waals surface area contributed by atoms with Crippen LogP contribution in [0.4, 0.5) is 20.3 Å². The fraction of sp³-hybridized carbons (Fsp3) is 0.312. The molecule has 2 aromatic carbocycles. The summed E-state index contributed by atoms with van der Waals surface area (Å²) in [5.41, 5.74) is 1.61. The van der Waals surface area contributed by atoms with E-state index in [0.717, 1.165) is 0 Å². The molecule has 13 heteroatoms. The summed E-state index contributed by atoms with van der Waals surface area (Å²) in [7, 11) is 0. The molecular formula is C32H28ClF2N7O3. The predicted molar refractivity (Wildman–Crippen MR) is 163 cm³/mol. The number of anilines is 2. The molecule has 1 aliphatic carbocycles. The van der Waals surface area contributed by atoms with Gasteiger partial charge >= 0.3 is 0 Å². The second-order valence-electron chi connectivity index (χ2n) is 11.2. The van der Waals surface area contributed by atoms with E-state index < -0.39 is 35.9 Å². The Hall–Kier alpha value is -4.89. The van der Waals surface area contributed by atoms with E-state index in [4.69, 9.17) is 11.6 Å². The van der Waals surface area contributed by atoms with Crippen molar-refractivity contribution in [1.82, 2.24) is 20.5 Å². The maximum Gasteiger partial charge on any atom is 0.251 e. The van der Waals surface area contributed by atoms with Gasteiger partial charge in [-0.2, -0.15) is 10.4 Å². The van der Waals surface area contributed by atoms with Crippen LogP contribution in [0.2, 0.25) is 5.02 Å². The van der Waals surface area contributed by atoms with E-state index in [1.54, 1.807) is 48.7 Å². The molecule has 6 rings (SSSR count). The zero-order valence-electron chi connectivity index (χ0n) is 23.9. The number of nitrogens with one attached hydrogen (secondary N) is 2. The van der Waals surface area contributed by atoms with Gasteiger partial charge in [0.1, 0.15) is 17.9 Å². The number of nitriles is 1. The number of nitrogens with zero attached hydrogens (tertiary/aromatic N) is 5. The summed E-state index contributed by atoms with van der Waals surface area (Å²) in [6, 6.07) is 13.7. The van der Waals surface area contributed by atoms with Crippen molar-refractivity contribution in [2.75, 3.05) is 9.80 Å². The Bertz CT molecular complexity index is 1810. The molecule has 230 valence electrons. The number of carbonyl (C=O) groups is 3. The average molecular weight is 632 g/mol. The van der Waals surface area contributed by atoms with Crippen LogP contribution < -0.4 is 15.1 Å². The first-order valence-electron chi connectivity index (χ1n) is 14.5. The highest BCUT2D eigenvalue weighted by atomic mass is 35.5. The van der Waals surface area contributed by atoms with Crippen LogP contribution >= 0.6 is 11.6 Å². The minimum absolute atomic E-state index is 0.0444. The first-order chi connectivity index (χ1) is 21.6. The second-order valence-corrected chi connectivity index (χ2v) is 11.7. The van der Waals surface area contributed by atoms with Crippen LogP contribution in [0, 0.1) is 11.3 Å². The molecule has 4 aromatic rings. The molecule has 0 bridgehead atoms. The Labute approximate surface area is 262 Å². The minimum atomic E-state index is -2.79. The van der Waals surface area contributed by atoms with E-state index in [2.05, 4.69) is 20.5 Å². The fourth-order valence-corrected chi connectivity index (χ4v) is 6.27. The van der Waals surface area contributed by atoms with Crippen molar-refractivity contribution < 1.29 is 23.2 Å². The lowest BCUT2D eigenvalue weighted by molar-refractivity contribution is -0.128. The van der Waals surface area contributed by atoms with E-state index in [9.17, 15) is 28.4 Å². The quantitative estimate of drug-likeness (QED) is 0.279. The van der Waals surface area contributed by atoms with Gasteiger partial charge in [0.15, 0.2) is 0 Å². The summed E-state index contributed by atoms with van der Waals surface area (Å²) in [5.74, 6) is -4.19. The first-order valence-corrected chi connectivity index (χ1v) is 14.9. The molecule has 1 saturated carbocycles. The molecule has 2 aliphatic rings. The predicted octanol–water partition coefficient (Wildman–Crippen LogP) is 5.45. The lowest BCUT2D eigenvalue weighted by Crippen LogP contribution is -2.53. The molecule has 10 nitrogen and oxygen atoms in total. The smallest absolute Gasteiger partial charge is 0.251 e. The van der Waals surface area contributed by atoms with Crippen molar-refractivity contribution in [1.29, 1.82) is 5.26 Å². The van der Waals surface area contributed by atoms with E-state index in [1.807, 2.05) is 6.07 Å². The molecule has 2 atom stereocenters. The highest BCUT2D eigenvalue weighted by molar-refractivity contribution is 6.31. The van der Waals surface area contributed by atoms with Gasteiger partial charge in [0.05, 0.1) is 23.3 Å². The summed E-state index contributed by atoms with van der Waals surface area (Å²) in [6.45, 7) is 0. The van der Waals surface area contributed by atoms with Crippen molar-refractivity contribution >= 4 is 51.7 Å². The SMILES string of the molecule is N#Cc1ccnc(N2C(=O)CC[C@H]2C(=O)N(c2ccc3[nH]ncc3c2)[C@H](C(=O)NC2CCC(F)(F)CC2)c2ccccc2Cl)c1. The molecular weight excluding hydrogens is 604 g/mol. The lowest BCUT2D eigenvalue weighted by atomic mass is 9.91. The van der Waals surface area contributed by atoms with Crippen LogP contribution in [-0.4, -0.2) is 50.9 Å². The molecule has 0 radical (unpaired) electrons. The van der Waals surface area contributed by atoms with Crippen LogP contribution in [0.1, 0.15) is 55.7 Å². The Morgan fingerprint density at radius 2 is 1.91 bits per heavy atom. The molecule has 45 heavy (non-hydrogen) atoms. The van der Waals surface area contributed by atoms with Gasteiger partial charge in [-0.15, -0.1) is 0 Å². The van der Waals surface area contributed by atoms with E-state index >= 15 is 0 Å². The number of hydrogen-bond acceptors (Lipinski definition) is 6. The van der Waals surface area contributed by atoms with Gasteiger partial charge in [-0.1, -0.05) is 29.8 Å². The van der Waals surface area contributed by atoms with Crippen LogP contribution in [0.5, 0.6) is 0 Å². The molecule has 3 heterocycles. The summed E-state index contributed by atoms with van der Waals surface area (Å²) in [4.78, 5) is 49.1. The topological polar surface area (TPSA) is 135 Å². The van der Waals surface area contributed by atoms with Crippen molar-refractivity contribution in [2.45, 2.75) is 62.6 Å². The first kappa shape index (κ1) is 30.1. The summed E-state index contributed by atoms with van der Waals surface area (Å²) in [6.07, 6.45) is 2.59. The Balaban J connectivity index is 1.46. The number of benzene rings is 2. The summed E-state index contributed by atoms with van der Waals surface area (Å²) < 4.78 is 27.9. The van der Waals surface area contributed by atoms with Gasteiger partial charge in [0, 0.05) is 53.2 Å². The molecule has 2 fully saturated rings. The number of hydrogen-bond donors (Lipinski definition) is 2. The third-order valence-electron chi connectivity index (χ3n) is 8.33. The molecule has 2 aromatic heterocycles. The number of aromatic nitrogens is 3. The minimum Gasteiger partial charge on any atom is -0.351 e. The van der Waals surface area contributed by atoms with Gasteiger partial charge in [-0.3, -0.25) is 29.3 Å². The summed E-state index contributed by atoms with van der Waals surface area (Å²) in [5, 5.41) is 20.2. The molecule has 1 saturated heterocycles. The highest BCUT2D eigenvalue weighted by Gasteiger charge is 2.45. The maximum atomic E-state index is 14.8. The average Bonchev–Trinajstić information content (AvgIpc) is 3.67. The Morgan fingerprint density at radius 1 is 1.13 bits per heavy atom. The molecule has 3 amide bonds. The largest absolute Gasteiger partial charge is 0.351 e. The number of amides is 3. The number of H-pyrrole nitrogens is 1.